The molecule has 110 valence electrons. The van der Waals surface area contributed by atoms with Crippen molar-refractivity contribution in [3.05, 3.63) is 0 Å². The van der Waals surface area contributed by atoms with E-state index in [1.165, 1.54) is 13.0 Å². The Kier molecular flexibility index (Phi) is 5.19. The molecular formula is C14H27N3O2. The number of carbonyl (C=O) groups is 1. The van der Waals surface area contributed by atoms with E-state index in [9.17, 15) is 4.79 Å². The van der Waals surface area contributed by atoms with Gasteiger partial charge in [-0.05, 0) is 32.7 Å². The summed E-state index contributed by atoms with van der Waals surface area (Å²) in [5.41, 5.74) is -0.137. The van der Waals surface area contributed by atoms with E-state index >= 15 is 0 Å². The number of nitrogens with one attached hydrogen (secondary N) is 2. The van der Waals surface area contributed by atoms with Gasteiger partial charge in [0.1, 0.15) is 6.61 Å². The molecule has 2 aliphatic heterocycles. The summed E-state index contributed by atoms with van der Waals surface area (Å²) >= 11 is 0. The van der Waals surface area contributed by atoms with Gasteiger partial charge in [0, 0.05) is 32.2 Å². The smallest absolute Gasteiger partial charge is 0.246 e. The molecule has 0 atom stereocenters. The average Bonchev–Trinajstić information content (AvgIpc) is 2.37. The lowest BCUT2D eigenvalue weighted by atomic mass is 10.0. The molecule has 0 radical (unpaired) electrons. The summed E-state index contributed by atoms with van der Waals surface area (Å²) in [7, 11) is 0. The highest BCUT2D eigenvalue weighted by atomic mass is 16.5. The molecule has 2 heterocycles. The Bertz CT molecular complexity index is 297. The first kappa shape index (κ1) is 14.8. The number of amides is 1. The van der Waals surface area contributed by atoms with E-state index in [1.807, 2.05) is 6.92 Å². The largest absolute Gasteiger partial charge is 0.363 e. The maximum Gasteiger partial charge on any atom is 0.246 e. The van der Waals surface area contributed by atoms with Crippen LogP contribution in [0.15, 0.2) is 0 Å². The van der Waals surface area contributed by atoms with Crippen LogP contribution in [0.2, 0.25) is 0 Å². The SMILES string of the molecule is CCCN1CCC(NC(=O)COC2(C)CNC2)CC1. The second-order valence-corrected chi connectivity index (χ2v) is 6.03. The molecule has 1 amide bonds. The minimum Gasteiger partial charge on any atom is -0.363 e. The van der Waals surface area contributed by atoms with Crippen LogP contribution >= 0.6 is 0 Å². The Morgan fingerprint density at radius 1 is 1.42 bits per heavy atom. The summed E-state index contributed by atoms with van der Waals surface area (Å²) in [6.45, 7) is 9.50. The monoisotopic (exact) mass is 269 g/mol. The van der Waals surface area contributed by atoms with Gasteiger partial charge >= 0.3 is 0 Å². The summed E-state index contributed by atoms with van der Waals surface area (Å²) in [5.74, 6) is 0.0297. The van der Waals surface area contributed by atoms with E-state index in [2.05, 4.69) is 22.5 Å². The van der Waals surface area contributed by atoms with Gasteiger partial charge in [-0.3, -0.25) is 4.79 Å². The van der Waals surface area contributed by atoms with E-state index in [1.54, 1.807) is 0 Å². The first-order chi connectivity index (χ1) is 9.11. The average molecular weight is 269 g/mol. The summed E-state index contributed by atoms with van der Waals surface area (Å²) < 4.78 is 5.64. The number of rotatable bonds is 6. The van der Waals surface area contributed by atoms with Gasteiger partial charge in [0.2, 0.25) is 5.91 Å². The van der Waals surface area contributed by atoms with Gasteiger partial charge in [-0.15, -0.1) is 0 Å². The Balaban J connectivity index is 1.60. The number of hydrogen-bond donors (Lipinski definition) is 2. The second kappa shape index (κ2) is 6.68. The third kappa shape index (κ3) is 4.44. The van der Waals surface area contributed by atoms with Crippen molar-refractivity contribution in [3.8, 4) is 0 Å². The van der Waals surface area contributed by atoms with Crippen molar-refractivity contribution in [2.24, 2.45) is 0 Å². The number of ether oxygens (including phenoxy) is 1. The van der Waals surface area contributed by atoms with Gasteiger partial charge in [-0.2, -0.15) is 0 Å². The standard InChI is InChI=1S/C14H27N3O2/c1-3-6-17-7-4-12(5-8-17)16-13(18)9-19-14(2)10-15-11-14/h12,15H,3-11H2,1-2H3,(H,16,18). The van der Waals surface area contributed by atoms with Crippen LogP contribution in [0.5, 0.6) is 0 Å². The molecule has 2 rings (SSSR count). The summed E-state index contributed by atoms with van der Waals surface area (Å²) in [4.78, 5) is 14.3. The molecule has 0 spiro atoms. The molecule has 0 aromatic heterocycles. The van der Waals surface area contributed by atoms with Crippen LogP contribution in [0.4, 0.5) is 0 Å². The minimum atomic E-state index is -0.137. The quantitative estimate of drug-likeness (QED) is 0.731. The first-order valence-electron chi connectivity index (χ1n) is 7.48. The molecule has 0 saturated carbocycles. The van der Waals surface area contributed by atoms with Gasteiger partial charge in [-0.1, -0.05) is 6.92 Å². The Morgan fingerprint density at radius 3 is 2.63 bits per heavy atom. The van der Waals surface area contributed by atoms with E-state index in [0.717, 1.165) is 39.0 Å². The fourth-order valence-corrected chi connectivity index (χ4v) is 2.71. The lowest BCUT2D eigenvalue weighted by Gasteiger charge is -2.39. The first-order valence-corrected chi connectivity index (χ1v) is 7.48. The van der Waals surface area contributed by atoms with Crippen molar-refractivity contribution in [2.75, 3.05) is 39.3 Å². The van der Waals surface area contributed by atoms with Crippen molar-refractivity contribution in [1.82, 2.24) is 15.5 Å². The van der Waals surface area contributed by atoms with Crippen LogP contribution in [0.3, 0.4) is 0 Å². The van der Waals surface area contributed by atoms with Crippen LogP contribution in [-0.2, 0) is 9.53 Å². The van der Waals surface area contributed by atoms with Crippen LogP contribution in [0.1, 0.15) is 33.1 Å². The van der Waals surface area contributed by atoms with E-state index < -0.39 is 0 Å². The molecule has 2 saturated heterocycles. The van der Waals surface area contributed by atoms with E-state index in [0.29, 0.717) is 6.04 Å². The highest BCUT2D eigenvalue weighted by Crippen LogP contribution is 2.15. The highest BCUT2D eigenvalue weighted by molar-refractivity contribution is 5.77. The highest BCUT2D eigenvalue weighted by Gasteiger charge is 2.33. The van der Waals surface area contributed by atoms with Gasteiger partial charge in [-0.25, -0.2) is 0 Å². The predicted molar refractivity (Wildman–Crippen MR) is 75.1 cm³/mol. The lowest BCUT2D eigenvalue weighted by Crippen LogP contribution is -2.60. The van der Waals surface area contributed by atoms with Gasteiger partial charge < -0.3 is 20.3 Å². The van der Waals surface area contributed by atoms with Crippen LogP contribution in [-0.4, -0.2) is 61.8 Å². The third-order valence-electron chi connectivity index (χ3n) is 4.04. The number of nitrogens with zero attached hydrogens (tertiary/aromatic N) is 1. The fraction of sp³-hybridized carbons (Fsp3) is 0.929. The molecule has 5 nitrogen and oxygen atoms in total. The van der Waals surface area contributed by atoms with Crippen LogP contribution < -0.4 is 10.6 Å². The maximum atomic E-state index is 11.8. The summed E-state index contributed by atoms with van der Waals surface area (Å²) in [5, 5.41) is 6.25. The molecule has 2 aliphatic rings. The van der Waals surface area contributed by atoms with Crippen LogP contribution in [0.25, 0.3) is 0 Å². The topological polar surface area (TPSA) is 53.6 Å². The molecular weight excluding hydrogens is 242 g/mol. The van der Waals surface area contributed by atoms with Gasteiger partial charge in [0.25, 0.3) is 0 Å². The van der Waals surface area contributed by atoms with Crippen molar-refractivity contribution in [3.63, 3.8) is 0 Å². The zero-order valence-electron chi connectivity index (χ0n) is 12.2. The fourth-order valence-electron chi connectivity index (χ4n) is 2.71. The van der Waals surface area contributed by atoms with Crippen molar-refractivity contribution < 1.29 is 9.53 Å². The van der Waals surface area contributed by atoms with E-state index in [-0.39, 0.29) is 18.1 Å². The minimum absolute atomic E-state index is 0.0297. The molecule has 0 unspecified atom stereocenters. The van der Waals surface area contributed by atoms with Gasteiger partial charge in [0.05, 0.1) is 5.60 Å². The molecule has 0 bridgehead atoms. The molecule has 19 heavy (non-hydrogen) atoms. The summed E-state index contributed by atoms with van der Waals surface area (Å²) in [6, 6.07) is 0.330. The molecule has 0 aromatic carbocycles. The van der Waals surface area contributed by atoms with Crippen molar-refractivity contribution in [2.45, 2.75) is 44.8 Å². The maximum absolute atomic E-state index is 11.8. The normalized spacial score (nSPS) is 23.9. The van der Waals surface area contributed by atoms with E-state index in [4.69, 9.17) is 4.74 Å². The molecule has 2 fully saturated rings. The van der Waals surface area contributed by atoms with Crippen molar-refractivity contribution in [1.29, 1.82) is 0 Å². The number of piperidine rings is 1. The molecule has 0 aromatic rings. The van der Waals surface area contributed by atoms with Gasteiger partial charge in [0.15, 0.2) is 0 Å². The number of hydrogen-bond acceptors (Lipinski definition) is 4. The second-order valence-electron chi connectivity index (χ2n) is 6.03. The third-order valence-corrected chi connectivity index (χ3v) is 4.04. The summed E-state index contributed by atoms with van der Waals surface area (Å²) in [6.07, 6.45) is 3.33. The lowest BCUT2D eigenvalue weighted by molar-refractivity contribution is -0.136. The predicted octanol–water partition coefficient (Wildman–Crippen LogP) is 0.356. The number of likely N-dealkylation sites (tertiary alicyclic amines) is 1. The molecule has 2 N–H and O–H groups in total. The molecule has 5 heteroatoms. The van der Waals surface area contributed by atoms with Crippen LogP contribution in [0, 0.1) is 0 Å². The zero-order valence-corrected chi connectivity index (χ0v) is 12.2. The number of carbonyl (C=O) groups excluding carboxylic acids is 1. The Morgan fingerprint density at radius 2 is 2.11 bits per heavy atom. The van der Waals surface area contributed by atoms with Crippen molar-refractivity contribution >= 4 is 5.91 Å². The zero-order chi connectivity index (χ0) is 13.7. The molecule has 0 aliphatic carbocycles. The Hall–Kier alpha value is -0.650. The Labute approximate surface area is 116 Å².